The first-order chi connectivity index (χ1) is 20.0. The van der Waals surface area contributed by atoms with E-state index in [4.69, 9.17) is 0 Å². The minimum absolute atomic E-state index is 0. The first-order valence-electron chi connectivity index (χ1n) is 17.3. The van der Waals surface area contributed by atoms with Gasteiger partial charge in [-0.05, 0) is 50.5 Å². The van der Waals surface area contributed by atoms with Gasteiger partial charge in [-0.25, -0.2) is 0 Å². The Morgan fingerprint density at radius 1 is 0.595 bits per heavy atom. The van der Waals surface area contributed by atoms with Gasteiger partial charge in [-0.15, -0.1) is 0 Å². The van der Waals surface area contributed by atoms with E-state index in [1.54, 1.807) is 0 Å². The molecule has 0 aromatic carbocycles. The van der Waals surface area contributed by atoms with Crippen LogP contribution in [-0.4, -0.2) is 53.8 Å². The molecule has 0 unspecified atom stereocenters. The number of nitrogens with zero attached hydrogens (tertiary/aromatic N) is 1. The molecule has 0 rings (SSSR count). The van der Waals surface area contributed by atoms with Gasteiger partial charge >= 0.3 is 29.6 Å². The minimum atomic E-state index is -1.25. The number of amides is 2. The molecule has 0 heterocycles. The van der Waals surface area contributed by atoms with E-state index in [9.17, 15) is 19.5 Å². The molecule has 0 aromatic rings. The van der Waals surface area contributed by atoms with Crippen molar-refractivity contribution in [1.82, 2.24) is 10.2 Å². The SMILES string of the molecule is CCCCCCCCCCCCSCCCCCCC(=O)N(CC)CCCCCCCCCCC(=O)NCC(=O)[O-].[Na+]. The number of carbonyl (C=O) groups excluding carboxylic acids is 3. The van der Waals surface area contributed by atoms with Gasteiger partial charge in [0.05, 0.1) is 12.5 Å². The van der Waals surface area contributed by atoms with Crippen molar-refractivity contribution in [2.75, 3.05) is 31.1 Å². The molecule has 0 bridgehead atoms. The largest absolute Gasteiger partial charge is 1.00 e. The number of carbonyl (C=O) groups is 3. The second kappa shape index (κ2) is 35.2. The third-order valence-electron chi connectivity index (χ3n) is 7.82. The summed E-state index contributed by atoms with van der Waals surface area (Å²) in [4.78, 5) is 36.4. The van der Waals surface area contributed by atoms with Crippen LogP contribution in [0.2, 0.25) is 0 Å². The Morgan fingerprint density at radius 2 is 1.02 bits per heavy atom. The van der Waals surface area contributed by atoms with E-state index in [-0.39, 0.29) is 35.5 Å². The van der Waals surface area contributed by atoms with Gasteiger partial charge in [0.1, 0.15) is 0 Å². The van der Waals surface area contributed by atoms with Crippen molar-refractivity contribution in [3.63, 3.8) is 0 Å². The second-order valence-corrected chi connectivity index (χ2v) is 12.9. The van der Waals surface area contributed by atoms with Crippen LogP contribution in [0, 0.1) is 0 Å². The fraction of sp³-hybridized carbons (Fsp3) is 0.912. The Balaban J connectivity index is 0. The van der Waals surface area contributed by atoms with E-state index in [0.29, 0.717) is 18.7 Å². The maximum Gasteiger partial charge on any atom is 1.00 e. The quantitative estimate of drug-likeness (QED) is 0.0861. The Kier molecular flexibility index (Phi) is 36.8. The van der Waals surface area contributed by atoms with Crippen LogP contribution < -0.4 is 40.0 Å². The molecule has 2 amide bonds. The summed E-state index contributed by atoms with van der Waals surface area (Å²) >= 11 is 2.12. The topological polar surface area (TPSA) is 89.5 Å². The zero-order valence-electron chi connectivity index (χ0n) is 28.0. The van der Waals surface area contributed by atoms with Crippen LogP contribution in [0.25, 0.3) is 0 Å². The van der Waals surface area contributed by atoms with Crippen LogP contribution in [0.3, 0.4) is 0 Å². The van der Waals surface area contributed by atoms with Crippen LogP contribution in [0.5, 0.6) is 0 Å². The summed E-state index contributed by atoms with van der Waals surface area (Å²) in [6.45, 7) is 5.65. The van der Waals surface area contributed by atoms with Crippen molar-refractivity contribution < 1.29 is 49.0 Å². The molecular weight excluding hydrogens is 555 g/mol. The van der Waals surface area contributed by atoms with E-state index in [2.05, 4.69) is 30.9 Å². The van der Waals surface area contributed by atoms with E-state index in [1.807, 2.05) is 4.90 Å². The molecule has 42 heavy (non-hydrogen) atoms. The monoisotopic (exact) mass is 620 g/mol. The molecule has 0 aliphatic rings. The van der Waals surface area contributed by atoms with E-state index in [1.165, 1.54) is 108 Å². The molecule has 1 N–H and O–H groups in total. The third-order valence-corrected chi connectivity index (χ3v) is 8.97. The third kappa shape index (κ3) is 32.7. The van der Waals surface area contributed by atoms with Gasteiger partial charge in [-0.2, -0.15) is 11.8 Å². The summed E-state index contributed by atoms with van der Waals surface area (Å²) in [6.07, 6.45) is 28.6. The molecule has 0 radical (unpaired) electrons. The fourth-order valence-electron chi connectivity index (χ4n) is 5.15. The number of carboxylic acids is 1. The van der Waals surface area contributed by atoms with Gasteiger partial charge in [0.25, 0.3) is 0 Å². The maximum atomic E-state index is 12.6. The Hall–Kier alpha value is -0.240. The smallest absolute Gasteiger partial charge is 0.548 e. The van der Waals surface area contributed by atoms with Crippen molar-refractivity contribution in [2.24, 2.45) is 0 Å². The van der Waals surface area contributed by atoms with Gasteiger partial charge in [0, 0.05) is 25.9 Å². The number of nitrogens with one attached hydrogen (secondary N) is 1. The summed E-state index contributed by atoms with van der Waals surface area (Å²) in [5, 5.41) is 12.7. The zero-order valence-corrected chi connectivity index (χ0v) is 30.8. The molecule has 6 nitrogen and oxygen atoms in total. The molecule has 0 aliphatic carbocycles. The predicted octanol–water partition coefficient (Wildman–Crippen LogP) is 4.82. The summed E-state index contributed by atoms with van der Waals surface area (Å²) in [5.74, 6) is 1.45. The zero-order chi connectivity index (χ0) is 30.2. The average Bonchev–Trinajstić information content (AvgIpc) is 2.96. The standard InChI is InChI=1S/C34H66N2O4S.Na/c1-3-5-6-7-8-9-12-15-19-24-29-41-30-25-20-17-22-27-33(38)36(4-2)28-23-18-14-11-10-13-16-21-26-32(37)35-31-34(39)40;/h3-31H2,1-2H3,(H,35,37)(H,39,40);/q;+1/p-1. The number of hydrogen-bond acceptors (Lipinski definition) is 5. The Labute approximate surface area is 286 Å². The van der Waals surface area contributed by atoms with E-state index in [0.717, 1.165) is 58.0 Å². The molecule has 242 valence electrons. The van der Waals surface area contributed by atoms with Crippen molar-refractivity contribution in [1.29, 1.82) is 0 Å². The van der Waals surface area contributed by atoms with Crippen molar-refractivity contribution in [2.45, 2.75) is 168 Å². The number of thioether (sulfide) groups is 1. The van der Waals surface area contributed by atoms with Gasteiger partial charge in [-0.1, -0.05) is 116 Å². The molecule has 0 atom stereocenters. The summed E-state index contributed by atoms with van der Waals surface area (Å²) in [5.41, 5.74) is 0. The van der Waals surface area contributed by atoms with Gasteiger partial charge in [0.15, 0.2) is 0 Å². The first-order valence-corrected chi connectivity index (χ1v) is 18.5. The first kappa shape index (κ1) is 43.9. The minimum Gasteiger partial charge on any atom is -0.548 e. The molecule has 0 saturated heterocycles. The maximum absolute atomic E-state index is 12.6. The molecule has 0 aromatic heterocycles. The summed E-state index contributed by atoms with van der Waals surface area (Å²) in [7, 11) is 0. The molecule has 0 fully saturated rings. The molecular formula is C34H65N2NaO4S. The second-order valence-electron chi connectivity index (χ2n) is 11.7. The van der Waals surface area contributed by atoms with E-state index >= 15 is 0 Å². The van der Waals surface area contributed by atoms with Crippen LogP contribution >= 0.6 is 11.8 Å². The van der Waals surface area contributed by atoms with Crippen LogP contribution in [-0.2, 0) is 14.4 Å². The molecule has 0 saturated carbocycles. The fourth-order valence-corrected chi connectivity index (χ4v) is 6.17. The summed E-state index contributed by atoms with van der Waals surface area (Å²) in [6, 6.07) is 0. The summed E-state index contributed by atoms with van der Waals surface area (Å²) < 4.78 is 0. The average molecular weight is 621 g/mol. The van der Waals surface area contributed by atoms with Crippen molar-refractivity contribution >= 4 is 29.5 Å². The molecule has 8 heteroatoms. The number of rotatable bonds is 32. The number of aliphatic carboxylic acids is 1. The van der Waals surface area contributed by atoms with Crippen molar-refractivity contribution in [3.05, 3.63) is 0 Å². The molecule has 0 spiro atoms. The van der Waals surface area contributed by atoms with Crippen molar-refractivity contribution in [3.8, 4) is 0 Å². The van der Waals surface area contributed by atoms with Gasteiger partial charge in [0.2, 0.25) is 11.8 Å². The van der Waals surface area contributed by atoms with Crippen LogP contribution in [0.15, 0.2) is 0 Å². The molecule has 0 aliphatic heterocycles. The Bertz CT molecular complexity index is 624. The van der Waals surface area contributed by atoms with E-state index < -0.39 is 12.5 Å². The van der Waals surface area contributed by atoms with Gasteiger partial charge in [-0.3, -0.25) is 9.59 Å². The number of carboxylic acid groups (broad SMARTS) is 1. The predicted molar refractivity (Wildman–Crippen MR) is 174 cm³/mol. The van der Waals surface area contributed by atoms with Crippen LogP contribution in [0.4, 0.5) is 0 Å². The normalized spacial score (nSPS) is 10.8. The number of unbranched alkanes of at least 4 members (excludes halogenated alkanes) is 19. The van der Waals surface area contributed by atoms with Gasteiger partial charge < -0.3 is 20.1 Å². The van der Waals surface area contributed by atoms with Crippen LogP contribution in [0.1, 0.15) is 168 Å². The Morgan fingerprint density at radius 3 is 1.50 bits per heavy atom. The number of hydrogen-bond donors (Lipinski definition) is 1.